The lowest BCUT2D eigenvalue weighted by atomic mass is 10.1. The first-order valence-electron chi connectivity index (χ1n) is 3.43. The summed E-state index contributed by atoms with van der Waals surface area (Å²) in [5.74, 6) is -2.38. The van der Waals surface area contributed by atoms with Crippen molar-refractivity contribution in [2.24, 2.45) is 5.73 Å². The largest absolute Gasteiger partial charge is 0.497 e. The van der Waals surface area contributed by atoms with Crippen LogP contribution in [0.2, 0.25) is 0 Å². The summed E-state index contributed by atoms with van der Waals surface area (Å²) >= 11 is 0. The van der Waals surface area contributed by atoms with E-state index in [0.717, 1.165) is 12.1 Å². The summed E-state index contributed by atoms with van der Waals surface area (Å²) in [6.45, 7) is 0. The third-order valence-corrected chi connectivity index (χ3v) is 1.52. The van der Waals surface area contributed by atoms with E-state index in [1.807, 2.05) is 0 Å². The van der Waals surface area contributed by atoms with Crippen molar-refractivity contribution in [3.63, 3.8) is 0 Å². The quantitative estimate of drug-likeness (QED) is 0.591. The van der Waals surface area contributed by atoms with Crippen molar-refractivity contribution in [3.05, 3.63) is 29.3 Å². The molecule has 0 amide bonds. The lowest BCUT2D eigenvalue weighted by Crippen LogP contribution is -2.15. The number of nitrogen functional groups attached to an aromatic ring is 1. The molecule has 0 radical (unpaired) electrons. The monoisotopic (exact) mass is 222 g/mol. The normalized spacial score (nSPS) is 9.07. The number of nitrogens with two attached hydrogens (primary N) is 1. The maximum Gasteiger partial charge on any atom is 0.140 e. The van der Waals surface area contributed by atoms with Gasteiger partial charge in [-0.3, -0.25) is 5.41 Å². The van der Waals surface area contributed by atoms with Crippen LogP contribution in [0.25, 0.3) is 0 Å². The Hall–Kier alpha value is -1.36. The van der Waals surface area contributed by atoms with Crippen LogP contribution in [0.1, 0.15) is 5.56 Å². The third-order valence-electron chi connectivity index (χ3n) is 1.52. The highest BCUT2D eigenvalue weighted by Crippen LogP contribution is 2.19. The maximum atomic E-state index is 13.0. The van der Waals surface area contributed by atoms with Crippen molar-refractivity contribution in [2.75, 3.05) is 7.11 Å². The van der Waals surface area contributed by atoms with Gasteiger partial charge in [-0.15, -0.1) is 12.4 Å². The molecule has 6 heteroatoms. The second-order valence-electron chi connectivity index (χ2n) is 2.38. The maximum absolute atomic E-state index is 13.0. The van der Waals surface area contributed by atoms with Crippen LogP contribution >= 0.6 is 12.4 Å². The Kier molecular flexibility index (Phi) is 4.30. The lowest BCUT2D eigenvalue weighted by molar-refractivity contribution is 0.406. The summed E-state index contributed by atoms with van der Waals surface area (Å²) in [4.78, 5) is 0. The molecule has 14 heavy (non-hydrogen) atoms. The van der Waals surface area contributed by atoms with E-state index in [0.29, 0.717) is 0 Å². The zero-order valence-electron chi connectivity index (χ0n) is 7.30. The topological polar surface area (TPSA) is 59.1 Å². The molecule has 0 bridgehead atoms. The first kappa shape index (κ1) is 12.6. The van der Waals surface area contributed by atoms with E-state index in [4.69, 9.17) is 11.1 Å². The molecule has 3 N–H and O–H groups in total. The van der Waals surface area contributed by atoms with Gasteiger partial charge in [0.2, 0.25) is 0 Å². The van der Waals surface area contributed by atoms with Gasteiger partial charge in [-0.05, 0) is 0 Å². The fourth-order valence-electron chi connectivity index (χ4n) is 0.925. The van der Waals surface area contributed by atoms with Crippen LogP contribution in [0.3, 0.4) is 0 Å². The van der Waals surface area contributed by atoms with E-state index in [-0.39, 0.29) is 18.2 Å². The Morgan fingerprint density at radius 3 is 2.07 bits per heavy atom. The molecule has 0 saturated heterocycles. The molecule has 0 aliphatic heterocycles. The van der Waals surface area contributed by atoms with Gasteiger partial charge < -0.3 is 10.5 Å². The number of nitrogens with one attached hydrogen (secondary N) is 1. The summed E-state index contributed by atoms with van der Waals surface area (Å²) in [7, 11) is 1.29. The molecule has 0 heterocycles. The molecule has 0 aliphatic rings. The Labute approximate surface area is 85.8 Å². The highest BCUT2D eigenvalue weighted by atomic mass is 35.5. The molecule has 0 aliphatic carbocycles. The smallest absolute Gasteiger partial charge is 0.140 e. The fourth-order valence-corrected chi connectivity index (χ4v) is 0.925. The molecule has 0 fully saturated rings. The summed E-state index contributed by atoms with van der Waals surface area (Å²) in [5, 5.41) is 6.90. The van der Waals surface area contributed by atoms with Crippen LogP contribution in [0.4, 0.5) is 8.78 Å². The first-order chi connectivity index (χ1) is 6.06. The standard InChI is InChI=1S/C8H8F2N2O.ClH/c1-13-4-2-5(9)7(8(11)12)6(10)3-4;/h2-3H,1H3,(H3,11,12);1H. The number of methoxy groups -OCH3 is 1. The molecule has 0 unspecified atom stereocenters. The zero-order chi connectivity index (χ0) is 10.0. The van der Waals surface area contributed by atoms with E-state index < -0.39 is 23.0 Å². The molecular formula is C8H9ClF2N2O. The minimum absolute atomic E-state index is 0. The second-order valence-corrected chi connectivity index (χ2v) is 2.38. The number of benzene rings is 1. The number of halogens is 3. The van der Waals surface area contributed by atoms with Crippen molar-refractivity contribution in [2.45, 2.75) is 0 Å². The average Bonchev–Trinajstić information content (AvgIpc) is 2.02. The fraction of sp³-hybridized carbons (Fsp3) is 0.125. The minimum atomic E-state index is -0.899. The molecule has 1 aromatic carbocycles. The van der Waals surface area contributed by atoms with Gasteiger partial charge in [-0.1, -0.05) is 0 Å². The zero-order valence-corrected chi connectivity index (χ0v) is 8.12. The van der Waals surface area contributed by atoms with Gasteiger partial charge >= 0.3 is 0 Å². The van der Waals surface area contributed by atoms with Crippen LogP contribution in [-0.4, -0.2) is 12.9 Å². The van der Waals surface area contributed by atoms with Crippen LogP contribution in [0, 0.1) is 17.0 Å². The van der Waals surface area contributed by atoms with Crippen LogP contribution in [-0.2, 0) is 0 Å². The molecule has 0 saturated carbocycles. The van der Waals surface area contributed by atoms with Crippen molar-refractivity contribution in [3.8, 4) is 5.75 Å². The predicted octanol–water partition coefficient (Wildman–Crippen LogP) is 1.68. The molecule has 78 valence electrons. The van der Waals surface area contributed by atoms with E-state index in [2.05, 4.69) is 4.74 Å². The summed E-state index contributed by atoms with van der Waals surface area (Å²) < 4.78 is 30.6. The lowest BCUT2D eigenvalue weighted by Gasteiger charge is -2.05. The highest BCUT2D eigenvalue weighted by molar-refractivity contribution is 5.95. The first-order valence-corrected chi connectivity index (χ1v) is 3.43. The SMILES string of the molecule is COc1cc(F)c(C(=N)N)c(F)c1.Cl. The number of hydrogen-bond donors (Lipinski definition) is 2. The van der Waals surface area contributed by atoms with Gasteiger partial charge in [0, 0.05) is 12.1 Å². The van der Waals surface area contributed by atoms with E-state index in [1.54, 1.807) is 0 Å². The van der Waals surface area contributed by atoms with Crippen LogP contribution < -0.4 is 10.5 Å². The second kappa shape index (κ2) is 4.76. The number of ether oxygens (including phenoxy) is 1. The Bertz CT molecular complexity index is 334. The molecule has 0 spiro atoms. The number of amidine groups is 1. The van der Waals surface area contributed by atoms with Crippen molar-refractivity contribution in [1.82, 2.24) is 0 Å². The number of rotatable bonds is 2. The molecule has 0 aromatic heterocycles. The minimum Gasteiger partial charge on any atom is -0.497 e. The Balaban J connectivity index is 0.00000169. The molecule has 1 aromatic rings. The Morgan fingerprint density at radius 2 is 1.79 bits per heavy atom. The summed E-state index contributed by atoms with van der Waals surface area (Å²) in [5.41, 5.74) is 4.44. The van der Waals surface area contributed by atoms with Gasteiger partial charge in [0.25, 0.3) is 0 Å². The molecule has 3 nitrogen and oxygen atoms in total. The third kappa shape index (κ3) is 2.32. The van der Waals surface area contributed by atoms with Gasteiger partial charge in [0.05, 0.1) is 12.7 Å². The molecule has 1 rings (SSSR count). The van der Waals surface area contributed by atoms with Crippen molar-refractivity contribution < 1.29 is 13.5 Å². The van der Waals surface area contributed by atoms with Crippen molar-refractivity contribution in [1.29, 1.82) is 5.41 Å². The van der Waals surface area contributed by atoms with Crippen LogP contribution in [0.15, 0.2) is 12.1 Å². The van der Waals surface area contributed by atoms with Gasteiger partial charge in [0.15, 0.2) is 0 Å². The van der Waals surface area contributed by atoms with Gasteiger partial charge in [-0.25, -0.2) is 8.78 Å². The van der Waals surface area contributed by atoms with E-state index in [9.17, 15) is 8.78 Å². The van der Waals surface area contributed by atoms with E-state index >= 15 is 0 Å². The van der Waals surface area contributed by atoms with Gasteiger partial charge in [0.1, 0.15) is 23.2 Å². The van der Waals surface area contributed by atoms with Gasteiger partial charge in [-0.2, -0.15) is 0 Å². The predicted molar refractivity (Wildman–Crippen MR) is 51.2 cm³/mol. The van der Waals surface area contributed by atoms with Crippen LogP contribution in [0.5, 0.6) is 5.75 Å². The molecule has 0 atom stereocenters. The number of hydrogen-bond acceptors (Lipinski definition) is 2. The molecular weight excluding hydrogens is 214 g/mol. The Morgan fingerprint density at radius 1 is 1.36 bits per heavy atom. The summed E-state index contributed by atoms with van der Waals surface area (Å²) in [6, 6.07) is 1.94. The van der Waals surface area contributed by atoms with E-state index in [1.165, 1.54) is 7.11 Å². The summed E-state index contributed by atoms with van der Waals surface area (Å²) in [6.07, 6.45) is 0. The average molecular weight is 223 g/mol. The van der Waals surface area contributed by atoms with Crippen molar-refractivity contribution >= 4 is 18.2 Å². The highest BCUT2D eigenvalue weighted by Gasteiger charge is 2.13.